The lowest BCUT2D eigenvalue weighted by Crippen LogP contribution is -2.47. The minimum absolute atomic E-state index is 0.0104. The van der Waals surface area contributed by atoms with Gasteiger partial charge in [-0.3, -0.25) is 14.6 Å². The number of nitrogens with one attached hydrogen (secondary N) is 1. The Morgan fingerprint density at radius 3 is 2.38 bits per heavy atom. The van der Waals surface area contributed by atoms with Crippen LogP contribution in [0.5, 0.6) is 0 Å². The number of piperidine rings is 1. The monoisotopic (exact) mass is 353 g/mol. The van der Waals surface area contributed by atoms with E-state index in [4.69, 9.17) is 4.74 Å². The van der Waals surface area contributed by atoms with Crippen molar-refractivity contribution in [1.82, 2.24) is 15.2 Å². The topological polar surface area (TPSA) is 71.5 Å². The maximum atomic E-state index is 12.6. The van der Waals surface area contributed by atoms with Crippen molar-refractivity contribution in [3.63, 3.8) is 0 Å². The highest BCUT2D eigenvalue weighted by Crippen LogP contribution is 2.19. The highest BCUT2D eigenvalue weighted by molar-refractivity contribution is 5.94. The van der Waals surface area contributed by atoms with Gasteiger partial charge in [-0.1, -0.05) is 30.3 Å². The Kier molecular flexibility index (Phi) is 5.96. The average Bonchev–Trinajstić information content (AvgIpc) is 2.70. The second kappa shape index (κ2) is 8.58. The molecule has 0 spiro atoms. The predicted molar refractivity (Wildman–Crippen MR) is 97.5 cm³/mol. The predicted octanol–water partition coefficient (Wildman–Crippen LogP) is 2.19. The molecule has 1 aliphatic rings. The molecule has 2 amide bonds. The van der Waals surface area contributed by atoms with E-state index in [2.05, 4.69) is 10.3 Å². The van der Waals surface area contributed by atoms with Crippen molar-refractivity contribution in [2.24, 2.45) is 0 Å². The Morgan fingerprint density at radius 2 is 1.77 bits per heavy atom. The molecule has 1 aromatic carbocycles. The zero-order valence-electron chi connectivity index (χ0n) is 14.8. The first-order valence-electron chi connectivity index (χ1n) is 8.76. The molecule has 2 heterocycles. The Hall–Kier alpha value is -2.73. The normalized spacial score (nSPS) is 16.1. The van der Waals surface area contributed by atoms with Gasteiger partial charge in [-0.2, -0.15) is 0 Å². The standard InChI is InChI=1S/C20H23N3O3/c1-26-18(15-5-3-2-4-6-15)19(24)22-17-9-13-23(14-10-17)20(25)16-7-11-21-12-8-16/h2-8,11-12,17-18H,9-10,13-14H2,1H3,(H,22,24)/t18-/m0/s1. The molecule has 1 atom stereocenters. The van der Waals surface area contributed by atoms with Gasteiger partial charge in [-0.05, 0) is 30.5 Å². The first kappa shape index (κ1) is 18.1. The second-order valence-electron chi connectivity index (χ2n) is 6.34. The van der Waals surface area contributed by atoms with Gasteiger partial charge in [0.2, 0.25) is 0 Å². The van der Waals surface area contributed by atoms with E-state index in [-0.39, 0.29) is 17.9 Å². The lowest BCUT2D eigenvalue weighted by molar-refractivity contribution is -0.132. The molecule has 1 fully saturated rings. The summed E-state index contributed by atoms with van der Waals surface area (Å²) in [6.45, 7) is 1.24. The molecule has 2 aromatic rings. The molecule has 26 heavy (non-hydrogen) atoms. The van der Waals surface area contributed by atoms with E-state index in [0.717, 1.165) is 18.4 Å². The molecule has 136 valence electrons. The van der Waals surface area contributed by atoms with Gasteiger partial charge in [0.15, 0.2) is 6.10 Å². The van der Waals surface area contributed by atoms with Crippen molar-refractivity contribution in [1.29, 1.82) is 0 Å². The summed E-state index contributed by atoms with van der Waals surface area (Å²) in [6.07, 6.45) is 4.08. The van der Waals surface area contributed by atoms with Crippen LogP contribution in [-0.4, -0.2) is 47.9 Å². The summed E-state index contributed by atoms with van der Waals surface area (Å²) in [4.78, 5) is 30.8. The molecule has 0 radical (unpaired) electrons. The maximum Gasteiger partial charge on any atom is 0.253 e. The Balaban J connectivity index is 1.53. The van der Waals surface area contributed by atoms with E-state index in [1.807, 2.05) is 35.2 Å². The maximum absolute atomic E-state index is 12.6. The summed E-state index contributed by atoms with van der Waals surface area (Å²) in [6, 6.07) is 12.9. The molecule has 6 heteroatoms. The van der Waals surface area contributed by atoms with Crippen molar-refractivity contribution < 1.29 is 14.3 Å². The number of pyridine rings is 1. The largest absolute Gasteiger partial charge is 0.367 e. The summed E-state index contributed by atoms with van der Waals surface area (Å²) < 4.78 is 5.37. The third-order valence-electron chi connectivity index (χ3n) is 4.63. The highest BCUT2D eigenvalue weighted by Gasteiger charge is 2.27. The molecule has 1 aromatic heterocycles. The zero-order valence-corrected chi connectivity index (χ0v) is 14.8. The van der Waals surface area contributed by atoms with Crippen LogP contribution in [-0.2, 0) is 9.53 Å². The minimum atomic E-state index is -0.618. The third kappa shape index (κ3) is 4.26. The van der Waals surface area contributed by atoms with Crippen LogP contribution < -0.4 is 5.32 Å². The number of benzene rings is 1. The van der Waals surface area contributed by atoms with E-state index >= 15 is 0 Å². The summed E-state index contributed by atoms with van der Waals surface area (Å²) in [7, 11) is 1.53. The molecule has 3 rings (SSSR count). The lowest BCUT2D eigenvalue weighted by atomic mass is 10.0. The Morgan fingerprint density at radius 1 is 1.12 bits per heavy atom. The smallest absolute Gasteiger partial charge is 0.253 e. The van der Waals surface area contributed by atoms with E-state index in [1.54, 1.807) is 24.5 Å². The van der Waals surface area contributed by atoms with Gasteiger partial charge in [-0.15, -0.1) is 0 Å². The summed E-state index contributed by atoms with van der Waals surface area (Å²) in [5.41, 5.74) is 1.48. The molecule has 0 saturated carbocycles. The number of aromatic nitrogens is 1. The Labute approximate surface area is 153 Å². The number of rotatable bonds is 5. The molecule has 0 unspecified atom stereocenters. The van der Waals surface area contributed by atoms with Crippen LogP contribution in [0.2, 0.25) is 0 Å². The second-order valence-corrected chi connectivity index (χ2v) is 6.34. The first-order valence-corrected chi connectivity index (χ1v) is 8.76. The molecular formula is C20H23N3O3. The Bertz CT molecular complexity index is 728. The van der Waals surface area contributed by atoms with E-state index in [9.17, 15) is 9.59 Å². The molecule has 6 nitrogen and oxygen atoms in total. The number of hydrogen-bond acceptors (Lipinski definition) is 4. The molecule has 1 aliphatic heterocycles. The average molecular weight is 353 g/mol. The van der Waals surface area contributed by atoms with Gasteiger partial charge in [0.25, 0.3) is 11.8 Å². The van der Waals surface area contributed by atoms with Gasteiger partial charge in [0, 0.05) is 44.2 Å². The first-order chi connectivity index (χ1) is 12.7. The van der Waals surface area contributed by atoms with Gasteiger partial charge < -0.3 is 15.0 Å². The molecule has 0 aliphatic carbocycles. The zero-order chi connectivity index (χ0) is 18.4. The van der Waals surface area contributed by atoms with Crippen LogP contribution in [0.3, 0.4) is 0 Å². The van der Waals surface area contributed by atoms with Crippen LogP contribution in [0.1, 0.15) is 34.9 Å². The van der Waals surface area contributed by atoms with E-state index in [1.165, 1.54) is 7.11 Å². The molecule has 0 bridgehead atoms. The SMILES string of the molecule is CO[C@H](C(=O)NC1CCN(C(=O)c2ccncc2)CC1)c1ccccc1. The number of amides is 2. The van der Waals surface area contributed by atoms with E-state index in [0.29, 0.717) is 18.7 Å². The number of nitrogens with zero attached hydrogens (tertiary/aromatic N) is 2. The third-order valence-corrected chi connectivity index (χ3v) is 4.63. The number of hydrogen-bond donors (Lipinski definition) is 1. The van der Waals surface area contributed by atoms with Gasteiger partial charge >= 0.3 is 0 Å². The van der Waals surface area contributed by atoms with Crippen molar-refractivity contribution in [3.05, 3.63) is 66.0 Å². The summed E-state index contributed by atoms with van der Waals surface area (Å²) in [5.74, 6) is -0.131. The van der Waals surface area contributed by atoms with Crippen LogP contribution in [0.4, 0.5) is 0 Å². The number of carbonyl (C=O) groups excluding carboxylic acids is 2. The summed E-state index contributed by atoms with van der Waals surface area (Å²) >= 11 is 0. The van der Waals surface area contributed by atoms with Crippen LogP contribution >= 0.6 is 0 Å². The molecular weight excluding hydrogens is 330 g/mol. The van der Waals surface area contributed by atoms with Gasteiger partial charge in [-0.25, -0.2) is 0 Å². The van der Waals surface area contributed by atoms with Gasteiger partial charge in [0.05, 0.1) is 0 Å². The van der Waals surface area contributed by atoms with Crippen LogP contribution in [0.15, 0.2) is 54.9 Å². The minimum Gasteiger partial charge on any atom is -0.367 e. The fourth-order valence-electron chi connectivity index (χ4n) is 3.20. The number of methoxy groups -OCH3 is 1. The number of ether oxygens (including phenoxy) is 1. The van der Waals surface area contributed by atoms with E-state index < -0.39 is 6.10 Å². The fourth-order valence-corrected chi connectivity index (χ4v) is 3.20. The number of carbonyl (C=O) groups is 2. The molecule has 1 saturated heterocycles. The van der Waals surface area contributed by atoms with Crippen molar-refractivity contribution >= 4 is 11.8 Å². The van der Waals surface area contributed by atoms with Crippen molar-refractivity contribution in [2.75, 3.05) is 20.2 Å². The van der Waals surface area contributed by atoms with Crippen LogP contribution in [0, 0.1) is 0 Å². The quantitative estimate of drug-likeness (QED) is 0.894. The van der Waals surface area contributed by atoms with Gasteiger partial charge in [0.1, 0.15) is 0 Å². The van der Waals surface area contributed by atoms with Crippen molar-refractivity contribution in [2.45, 2.75) is 25.0 Å². The number of likely N-dealkylation sites (tertiary alicyclic amines) is 1. The summed E-state index contributed by atoms with van der Waals surface area (Å²) in [5, 5.41) is 3.06. The van der Waals surface area contributed by atoms with Crippen LogP contribution in [0.25, 0.3) is 0 Å². The highest BCUT2D eigenvalue weighted by atomic mass is 16.5. The fraction of sp³-hybridized carbons (Fsp3) is 0.350. The lowest BCUT2D eigenvalue weighted by Gasteiger charge is -2.33. The molecule has 1 N–H and O–H groups in total. The van der Waals surface area contributed by atoms with Crippen molar-refractivity contribution in [3.8, 4) is 0 Å².